The molecule has 0 saturated heterocycles. The number of rotatable bonds is 5. The fourth-order valence-electron chi connectivity index (χ4n) is 3.34. The van der Waals surface area contributed by atoms with E-state index in [1.807, 2.05) is 18.2 Å². The van der Waals surface area contributed by atoms with Crippen molar-refractivity contribution in [3.63, 3.8) is 0 Å². The Hall–Kier alpha value is -3.60. The third kappa shape index (κ3) is 3.74. The summed E-state index contributed by atoms with van der Waals surface area (Å²) in [6, 6.07) is 23.7. The largest absolute Gasteiger partial charge is 0.496 e. The standard InChI is InChI=1S/C23H21N3O2/c1-28-22-9-5-4-8-21(22)23(27)25-24-14-17-10-12-20(13-11-17)26-15-18-6-2-3-7-19(18)16-26/h2-14H,15-16H2,1H3,(H,25,27)/b24-14+. The molecule has 0 aliphatic carbocycles. The first-order valence-electron chi connectivity index (χ1n) is 9.13. The Morgan fingerprint density at radius 2 is 1.61 bits per heavy atom. The Morgan fingerprint density at radius 1 is 0.964 bits per heavy atom. The van der Waals surface area contributed by atoms with Gasteiger partial charge in [0.05, 0.1) is 18.9 Å². The predicted molar refractivity (Wildman–Crippen MR) is 111 cm³/mol. The van der Waals surface area contributed by atoms with Crippen molar-refractivity contribution in [3.05, 3.63) is 95.1 Å². The summed E-state index contributed by atoms with van der Waals surface area (Å²) in [5, 5.41) is 4.06. The van der Waals surface area contributed by atoms with Gasteiger partial charge >= 0.3 is 0 Å². The van der Waals surface area contributed by atoms with E-state index >= 15 is 0 Å². The second-order valence-corrected chi connectivity index (χ2v) is 6.62. The molecule has 140 valence electrons. The van der Waals surface area contributed by atoms with E-state index < -0.39 is 0 Å². The van der Waals surface area contributed by atoms with E-state index in [0.29, 0.717) is 11.3 Å². The number of carbonyl (C=O) groups excluding carboxylic acids is 1. The minimum Gasteiger partial charge on any atom is -0.496 e. The molecule has 1 aliphatic rings. The maximum absolute atomic E-state index is 12.2. The quantitative estimate of drug-likeness (QED) is 0.545. The summed E-state index contributed by atoms with van der Waals surface area (Å²) < 4.78 is 5.20. The molecule has 0 atom stereocenters. The highest BCUT2D eigenvalue weighted by molar-refractivity contribution is 5.97. The van der Waals surface area contributed by atoms with Crippen LogP contribution in [0.3, 0.4) is 0 Å². The maximum atomic E-state index is 12.2. The van der Waals surface area contributed by atoms with Gasteiger partial charge in [0.15, 0.2) is 0 Å². The van der Waals surface area contributed by atoms with Crippen LogP contribution in [0.4, 0.5) is 5.69 Å². The second-order valence-electron chi connectivity index (χ2n) is 6.62. The Morgan fingerprint density at radius 3 is 2.29 bits per heavy atom. The van der Waals surface area contributed by atoms with Crippen molar-refractivity contribution in [2.24, 2.45) is 5.10 Å². The van der Waals surface area contributed by atoms with Gasteiger partial charge in [0, 0.05) is 18.8 Å². The van der Waals surface area contributed by atoms with E-state index in [2.05, 4.69) is 51.8 Å². The number of hydrogen-bond acceptors (Lipinski definition) is 4. The van der Waals surface area contributed by atoms with Crippen LogP contribution in [0.5, 0.6) is 5.75 Å². The Bertz CT molecular complexity index is 987. The molecule has 0 fully saturated rings. The number of nitrogens with zero attached hydrogens (tertiary/aromatic N) is 2. The number of para-hydroxylation sites is 1. The van der Waals surface area contributed by atoms with Crippen molar-refractivity contribution < 1.29 is 9.53 Å². The number of anilines is 1. The molecule has 3 aromatic carbocycles. The van der Waals surface area contributed by atoms with Gasteiger partial charge in [-0.05, 0) is 41.0 Å². The molecule has 0 radical (unpaired) electrons. The zero-order valence-electron chi connectivity index (χ0n) is 15.6. The fourth-order valence-corrected chi connectivity index (χ4v) is 3.34. The van der Waals surface area contributed by atoms with Gasteiger partial charge < -0.3 is 9.64 Å². The number of carbonyl (C=O) groups is 1. The predicted octanol–water partition coefficient (Wildman–Crippen LogP) is 3.98. The van der Waals surface area contributed by atoms with Gasteiger partial charge in [0.25, 0.3) is 5.91 Å². The molecule has 4 rings (SSSR count). The van der Waals surface area contributed by atoms with E-state index in [1.165, 1.54) is 23.9 Å². The minimum atomic E-state index is -0.305. The number of methoxy groups -OCH3 is 1. The molecule has 5 heteroatoms. The SMILES string of the molecule is COc1ccccc1C(=O)N/N=C/c1ccc(N2Cc3ccccc3C2)cc1. The molecule has 3 aromatic rings. The van der Waals surface area contributed by atoms with Gasteiger partial charge in [-0.25, -0.2) is 5.43 Å². The highest BCUT2D eigenvalue weighted by Gasteiger charge is 2.18. The molecule has 0 unspecified atom stereocenters. The van der Waals surface area contributed by atoms with Crippen LogP contribution in [0.2, 0.25) is 0 Å². The monoisotopic (exact) mass is 371 g/mol. The van der Waals surface area contributed by atoms with Gasteiger partial charge in [-0.2, -0.15) is 5.10 Å². The fraction of sp³-hybridized carbons (Fsp3) is 0.130. The van der Waals surface area contributed by atoms with Crippen LogP contribution in [0.15, 0.2) is 77.9 Å². The average molecular weight is 371 g/mol. The van der Waals surface area contributed by atoms with Crippen LogP contribution < -0.4 is 15.1 Å². The summed E-state index contributed by atoms with van der Waals surface area (Å²) in [5.74, 6) is 0.214. The van der Waals surface area contributed by atoms with Crippen molar-refractivity contribution in [2.45, 2.75) is 13.1 Å². The van der Waals surface area contributed by atoms with Crippen molar-refractivity contribution in [3.8, 4) is 5.75 Å². The molecular weight excluding hydrogens is 350 g/mol. The van der Waals surface area contributed by atoms with E-state index in [4.69, 9.17) is 4.74 Å². The van der Waals surface area contributed by atoms with Crippen LogP contribution in [0.25, 0.3) is 0 Å². The van der Waals surface area contributed by atoms with Crippen LogP contribution >= 0.6 is 0 Å². The Balaban J connectivity index is 1.38. The lowest BCUT2D eigenvalue weighted by atomic mass is 10.1. The lowest BCUT2D eigenvalue weighted by Gasteiger charge is -2.17. The summed E-state index contributed by atoms with van der Waals surface area (Å²) in [4.78, 5) is 14.6. The highest BCUT2D eigenvalue weighted by Crippen LogP contribution is 2.27. The molecule has 0 saturated carbocycles. The molecule has 5 nitrogen and oxygen atoms in total. The van der Waals surface area contributed by atoms with Gasteiger partial charge in [-0.3, -0.25) is 4.79 Å². The lowest BCUT2D eigenvalue weighted by Crippen LogP contribution is -2.18. The number of benzene rings is 3. The molecule has 0 aromatic heterocycles. The van der Waals surface area contributed by atoms with Gasteiger partial charge in [0.2, 0.25) is 0 Å². The van der Waals surface area contributed by atoms with E-state index in [-0.39, 0.29) is 5.91 Å². The number of ether oxygens (including phenoxy) is 1. The summed E-state index contributed by atoms with van der Waals surface area (Å²) in [5.41, 5.74) is 7.85. The number of hydrogen-bond donors (Lipinski definition) is 1. The van der Waals surface area contributed by atoms with Gasteiger partial charge in [0.1, 0.15) is 5.75 Å². The van der Waals surface area contributed by atoms with E-state index in [1.54, 1.807) is 24.4 Å². The third-order valence-electron chi connectivity index (χ3n) is 4.83. The zero-order chi connectivity index (χ0) is 19.3. The second kappa shape index (κ2) is 7.96. The first-order valence-corrected chi connectivity index (χ1v) is 9.13. The van der Waals surface area contributed by atoms with Crippen molar-refractivity contribution in [1.82, 2.24) is 5.43 Å². The van der Waals surface area contributed by atoms with E-state index in [9.17, 15) is 4.79 Å². The van der Waals surface area contributed by atoms with Crippen LogP contribution in [0, 0.1) is 0 Å². The normalized spacial score (nSPS) is 12.8. The maximum Gasteiger partial charge on any atom is 0.275 e. The zero-order valence-corrected chi connectivity index (χ0v) is 15.6. The molecule has 0 bridgehead atoms. The minimum absolute atomic E-state index is 0.305. The number of hydrazone groups is 1. The van der Waals surface area contributed by atoms with Crippen LogP contribution in [-0.4, -0.2) is 19.2 Å². The number of amides is 1. The smallest absolute Gasteiger partial charge is 0.275 e. The van der Waals surface area contributed by atoms with E-state index in [0.717, 1.165) is 18.7 Å². The number of fused-ring (bicyclic) bond motifs is 1. The van der Waals surface area contributed by atoms with Gasteiger partial charge in [-0.1, -0.05) is 48.5 Å². The third-order valence-corrected chi connectivity index (χ3v) is 4.83. The van der Waals surface area contributed by atoms with Crippen molar-refractivity contribution in [1.29, 1.82) is 0 Å². The molecule has 28 heavy (non-hydrogen) atoms. The van der Waals surface area contributed by atoms with Crippen molar-refractivity contribution >= 4 is 17.8 Å². The Labute approximate surface area is 164 Å². The molecule has 0 spiro atoms. The van der Waals surface area contributed by atoms with Crippen molar-refractivity contribution in [2.75, 3.05) is 12.0 Å². The number of nitrogens with one attached hydrogen (secondary N) is 1. The van der Waals surface area contributed by atoms with Crippen LogP contribution in [-0.2, 0) is 13.1 Å². The first kappa shape index (κ1) is 17.8. The molecule has 1 aliphatic heterocycles. The Kier molecular flexibility index (Phi) is 5.06. The summed E-state index contributed by atoms with van der Waals surface area (Å²) >= 11 is 0. The van der Waals surface area contributed by atoms with Gasteiger partial charge in [-0.15, -0.1) is 0 Å². The lowest BCUT2D eigenvalue weighted by molar-refractivity contribution is 0.0952. The molecular formula is C23H21N3O2. The average Bonchev–Trinajstić information content (AvgIpc) is 3.18. The summed E-state index contributed by atoms with van der Waals surface area (Å²) in [6.45, 7) is 1.86. The summed E-state index contributed by atoms with van der Waals surface area (Å²) in [7, 11) is 1.54. The van der Waals surface area contributed by atoms with Crippen LogP contribution in [0.1, 0.15) is 27.0 Å². The molecule has 1 amide bonds. The summed E-state index contributed by atoms with van der Waals surface area (Å²) in [6.07, 6.45) is 1.63. The first-order chi connectivity index (χ1) is 13.7. The molecule has 1 heterocycles. The topological polar surface area (TPSA) is 53.9 Å². The molecule has 1 N–H and O–H groups in total. The highest BCUT2D eigenvalue weighted by atomic mass is 16.5.